The van der Waals surface area contributed by atoms with Gasteiger partial charge >= 0.3 is 0 Å². The van der Waals surface area contributed by atoms with E-state index in [0.717, 1.165) is 37.6 Å². The van der Waals surface area contributed by atoms with E-state index in [0.29, 0.717) is 22.4 Å². The molecule has 1 unspecified atom stereocenters. The number of rotatable bonds is 5. The molecule has 110 valence electrons. The van der Waals surface area contributed by atoms with Crippen LogP contribution in [0.5, 0.6) is 5.75 Å². The van der Waals surface area contributed by atoms with E-state index in [1.165, 1.54) is 0 Å². The van der Waals surface area contributed by atoms with Gasteiger partial charge < -0.3 is 9.64 Å². The minimum Gasteiger partial charge on any atom is -0.496 e. The number of carbonyl (C=O) groups excluding carboxylic acids is 1. The average Bonchev–Trinajstić information content (AvgIpc) is 2.92. The van der Waals surface area contributed by atoms with E-state index in [-0.39, 0.29) is 5.91 Å². The van der Waals surface area contributed by atoms with Crippen molar-refractivity contribution in [1.29, 1.82) is 0 Å². The van der Waals surface area contributed by atoms with Crippen LogP contribution in [-0.4, -0.2) is 35.8 Å². The summed E-state index contributed by atoms with van der Waals surface area (Å²) >= 11 is 9.40. The zero-order valence-corrected chi connectivity index (χ0v) is 13.9. The summed E-state index contributed by atoms with van der Waals surface area (Å²) < 4.78 is 5.28. The van der Waals surface area contributed by atoms with Crippen molar-refractivity contribution < 1.29 is 9.53 Å². The fraction of sp³-hybridized carbons (Fsp3) is 0.533. The van der Waals surface area contributed by atoms with Gasteiger partial charge in [0, 0.05) is 22.9 Å². The Morgan fingerprint density at radius 1 is 1.55 bits per heavy atom. The number of ether oxygens (including phenoxy) is 1. The molecule has 0 N–H and O–H groups in total. The van der Waals surface area contributed by atoms with Crippen molar-refractivity contribution in [2.75, 3.05) is 19.0 Å². The molecule has 1 amide bonds. The minimum absolute atomic E-state index is 0.0515. The summed E-state index contributed by atoms with van der Waals surface area (Å²) in [7, 11) is 1.56. The van der Waals surface area contributed by atoms with Gasteiger partial charge in [-0.25, -0.2) is 0 Å². The normalized spacial score (nSPS) is 18.4. The Kier molecular flexibility index (Phi) is 5.73. The van der Waals surface area contributed by atoms with Crippen molar-refractivity contribution in [2.24, 2.45) is 0 Å². The molecule has 0 spiro atoms. The zero-order valence-electron chi connectivity index (χ0n) is 11.6. The molecule has 1 atom stereocenters. The van der Waals surface area contributed by atoms with E-state index in [9.17, 15) is 4.79 Å². The van der Waals surface area contributed by atoms with Crippen molar-refractivity contribution in [3.8, 4) is 5.75 Å². The van der Waals surface area contributed by atoms with E-state index in [1.807, 2.05) is 4.90 Å². The van der Waals surface area contributed by atoms with E-state index in [4.69, 9.17) is 16.3 Å². The quantitative estimate of drug-likeness (QED) is 0.739. The lowest BCUT2D eigenvalue weighted by molar-refractivity contribution is 0.0727. The summed E-state index contributed by atoms with van der Waals surface area (Å²) in [6, 6.07) is 5.53. The van der Waals surface area contributed by atoms with Crippen LogP contribution in [0.1, 0.15) is 36.0 Å². The Hall–Kier alpha value is -0.740. The second-order valence-corrected chi connectivity index (χ2v) is 6.20. The van der Waals surface area contributed by atoms with Crippen LogP contribution < -0.4 is 4.74 Å². The number of likely N-dealkylation sites (tertiary alicyclic amines) is 1. The molecule has 1 aliphatic rings. The Balaban J connectivity index is 2.17. The van der Waals surface area contributed by atoms with Crippen molar-refractivity contribution >= 4 is 33.4 Å². The number of hydrogen-bond acceptors (Lipinski definition) is 2. The van der Waals surface area contributed by atoms with Crippen molar-refractivity contribution in [3.63, 3.8) is 0 Å². The first-order valence-corrected chi connectivity index (χ1v) is 8.37. The minimum atomic E-state index is 0.0515. The molecule has 0 aliphatic carbocycles. The van der Waals surface area contributed by atoms with Gasteiger partial charge in [-0.05, 0) is 43.9 Å². The number of alkyl halides is 1. The second kappa shape index (κ2) is 7.32. The number of methoxy groups -OCH3 is 1. The highest BCUT2D eigenvalue weighted by Crippen LogP contribution is 2.29. The summed E-state index contributed by atoms with van der Waals surface area (Å²) in [5, 5.41) is 1.56. The molecular weight excluding hydrogens is 342 g/mol. The first kappa shape index (κ1) is 15.6. The molecule has 3 nitrogen and oxygen atoms in total. The molecule has 0 bridgehead atoms. The predicted octanol–water partition coefficient (Wildman–Crippen LogP) is 4.13. The molecule has 5 heteroatoms. The molecule has 2 rings (SSSR count). The Labute approximate surface area is 133 Å². The van der Waals surface area contributed by atoms with Gasteiger partial charge in [0.05, 0.1) is 12.7 Å². The molecular formula is C15H19BrClNO2. The molecule has 20 heavy (non-hydrogen) atoms. The van der Waals surface area contributed by atoms with Gasteiger partial charge in [-0.1, -0.05) is 27.5 Å². The van der Waals surface area contributed by atoms with Crippen molar-refractivity contribution in [2.45, 2.75) is 31.7 Å². The summed E-state index contributed by atoms with van der Waals surface area (Å²) in [5.74, 6) is 0.601. The van der Waals surface area contributed by atoms with Gasteiger partial charge in [-0.3, -0.25) is 4.79 Å². The Morgan fingerprint density at radius 2 is 2.35 bits per heavy atom. The molecule has 0 saturated carbocycles. The molecule has 1 aliphatic heterocycles. The summed E-state index contributed by atoms with van der Waals surface area (Å²) in [6.07, 6.45) is 4.31. The van der Waals surface area contributed by atoms with E-state index in [2.05, 4.69) is 15.9 Å². The third kappa shape index (κ3) is 3.47. The third-order valence-electron chi connectivity index (χ3n) is 3.70. The van der Waals surface area contributed by atoms with Crippen LogP contribution in [-0.2, 0) is 0 Å². The zero-order chi connectivity index (χ0) is 14.5. The summed E-state index contributed by atoms with van der Waals surface area (Å²) in [4.78, 5) is 14.7. The van der Waals surface area contributed by atoms with Crippen LogP contribution in [0.4, 0.5) is 0 Å². The second-order valence-electron chi connectivity index (χ2n) is 4.97. The molecule has 0 radical (unpaired) electrons. The van der Waals surface area contributed by atoms with Gasteiger partial charge in [0.2, 0.25) is 0 Å². The smallest absolute Gasteiger partial charge is 0.257 e. The predicted molar refractivity (Wildman–Crippen MR) is 85.1 cm³/mol. The Morgan fingerprint density at radius 3 is 3.05 bits per heavy atom. The van der Waals surface area contributed by atoms with Gasteiger partial charge in [0.25, 0.3) is 5.91 Å². The van der Waals surface area contributed by atoms with Gasteiger partial charge in [-0.15, -0.1) is 0 Å². The maximum Gasteiger partial charge on any atom is 0.257 e. The van der Waals surface area contributed by atoms with Crippen LogP contribution in [0.3, 0.4) is 0 Å². The summed E-state index contributed by atoms with van der Waals surface area (Å²) in [5.41, 5.74) is 0.600. The molecule has 1 fully saturated rings. The molecule has 1 saturated heterocycles. The standard InChI is InChI=1S/C15H19BrClNO2/c1-20-14-10-11(17)6-7-13(14)15(19)18-9-3-5-12(18)4-2-8-16/h6-7,10,12H,2-5,8-9H2,1H3. The average molecular weight is 361 g/mol. The van der Waals surface area contributed by atoms with E-state index in [1.54, 1.807) is 25.3 Å². The maximum absolute atomic E-state index is 12.7. The highest BCUT2D eigenvalue weighted by atomic mass is 79.9. The van der Waals surface area contributed by atoms with E-state index < -0.39 is 0 Å². The monoisotopic (exact) mass is 359 g/mol. The highest BCUT2D eigenvalue weighted by Gasteiger charge is 2.30. The van der Waals surface area contributed by atoms with Crippen LogP contribution in [0.2, 0.25) is 5.02 Å². The largest absolute Gasteiger partial charge is 0.496 e. The van der Waals surface area contributed by atoms with E-state index >= 15 is 0 Å². The van der Waals surface area contributed by atoms with Crippen molar-refractivity contribution in [3.05, 3.63) is 28.8 Å². The number of nitrogens with zero attached hydrogens (tertiary/aromatic N) is 1. The number of amides is 1. The number of carbonyl (C=O) groups is 1. The topological polar surface area (TPSA) is 29.5 Å². The van der Waals surface area contributed by atoms with Gasteiger partial charge in [0.15, 0.2) is 0 Å². The fourth-order valence-electron chi connectivity index (χ4n) is 2.71. The Bertz CT molecular complexity index is 481. The molecule has 1 heterocycles. The highest BCUT2D eigenvalue weighted by molar-refractivity contribution is 9.09. The van der Waals surface area contributed by atoms with Crippen LogP contribution in [0.15, 0.2) is 18.2 Å². The first-order chi connectivity index (χ1) is 9.67. The maximum atomic E-state index is 12.7. The van der Waals surface area contributed by atoms with Gasteiger partial charge in [-0.2, -0.15) is 0 Å². The number of hydrogen-bond donors (Lipinski definition) is 0. The van der Waals surface area contributed by atoms with Crippen LogP contribution in [0, 0.1) is 0 Å². The fourth-order valence-corrected chi connectivity index (χ4v) is 3.20. The SMILES string of the molecule is COc1cc(Cl)ccc1C(=O)N1CCCC1CCCBr. The number of halogens is 2. The molecule has 1 aromatic carbocycles. The first-order valence-electron chi connectivity index (χ1n) is 6.88. The van der Waals surface area contributed by atoms with Crippen LogP contribution in [0.25, 0.3) is 0 Å². The van der Waals surface area contributed by atoms with Crippen LogP contribution >= 0.6 is 27.5 Å². The van der Waals surface area contributed by atoms with Crippen molar-refractivity contribution in [1.82, 2.24) is 4.90 Å². The lowest BCUT2D eigenvalue weighted by atomic mass is 10.1. The third-order valence-corrected chi connectivity index (χ3v) is 4.50. The number of benzene rings is 1. The molecule has 1 aromatic rings. The summed E-state index contributed by atoms with van der Waals surface area (Å²) in [6.45, 7) is 0.831. The van der Waals surface area contributed by atoms with Gasteiger partial charge in [0.1, 0.15) is 5.75 Å². The lowest BCUT2D eigenvalue weighted by Crippen LogP contribution is -2.35. The molecule has 0 aromatic heterocycles. The lowest BCUT2D eigenvalue weighted by Gasteiger charge is -2.25.